The number of carbonyl (C=O) groups excluding carboxylic acids is 2. The summed E-state index contributed by atoms with van der Waals surface area (Å²) in [7, 11) is 1.23. The minimum Gasteiger partial charge on any atom is -0.466 e. The molecular weight excluding hydrogens is 244 g/mol. The summed E-state index contributed by atoms with van der Waals surface area (Å²) < 4.78 is 9.72. The summed E-state index contributed by atoms with van der Waals surface area (Å²) in [6.07, 6.45) is 4.44. The van der Waals surface area contributed by atoms with Gasteiger partial charge >= 0.3 is 11.9 Å². The van der Waals surface area contributed by atoms with Crippen molar-refractivity contribution in [1.29, 1.82) is 0 Å². The maximum absolute atomic E-state index is 11.5. The molecule has 4 heteroatoms. The van der Waals surface area contributed by atoms with Gasteiger partial charge in [0.05, 0.1) is 12.7 Å². The molecule has 19 heavy (non-hydrogen) atoms. The van der Waals surface area contributed by atoms with Crippen molar-refractivity contribution < 1.29 is 19.1 Å². The van der Waals surface area contributed by atoms with Crippen LogP contribution < -0.4 is 0 Å². The topological polar surface area (TPSA) is 52.6 Å². The van der Waals surface area contributed by atoms with E-state index in [0.717, 1.165) is 0 Å². The molecule has 0 aromatic heterocycles. The van der Waals surface area contributed by atoms with Gasteiger partial charge in [-0.15, -0.1) is 6.42 Å². The van der Waals surface area contributed by atoms with E-state index in [2.05, 4.69) is 17.2 Å². The van der Waals surface area contributed by atoms with Gasteiger partial charge in [-0.05, 0) is 6.07 Å². The number of ether oxygens (including phenoxy) is 2. The third kappa shape index (κ3) is 3.46. The summed E-state index contributed by atoms with van der Waals surface area (Å²) in [6, 6.07) is 6.86. The van der Waals surface area contributed by atoms with E-state index in [1.807, 2.05) is 0 Å². The van der Waals surface area contributed by atoms with Crippen LogP contribution in [0.25, 0.3) is 0 Å². The van der Waals surface area contributed by atoms with E-state index in [4.69, 9.17) is 11.2 Å². The minimum atomic E-state index is -0.947. The van der Waals surface area contributed by atoms with E-state index in [1.54, 1.807) is 24.3 Å². The normalized spacial score (nSPS) is 11.0. The van der Waals surface area contributed by atoms with Gasteiger partial charge in [-0.25, -0.2) is 4.79 Å². The number of hydrogen-bond acceptors (Lipinski definition) is 4. The average Bonchev–Trinajstić information content (AvgIpc) is 2.42. The number of hydrogen-bond donors (Lipinski definition) is 0. The lowest BCUT2D eigenvalue weighted by Gasteiger charge is -2.19. The van der Waals surface area contributed by atoms with Gasteiger partial charge in [-0.2, -0.15) is 0 Å². The standard InChI is InChI=1S/C15H14O4/c1-5-12-8-6-7-9-13(12)14(19-11(3)16)10(2)15(17)18-4/h1,6-9,14H,2H2,3-4H3. The number of terminal acetylenes is 1. The zero-order chi connectivity index (χ0) is 14.4. The van der Waals surface area contributed by atoms with Crippen molar-refractivity contribution in [3.63, 3.8) is 0 Å². The lowest BCUT2D eigenvalue weighted by atomic mass is 9.97. The molecule has 1 rings (SSSR count). The second-order valence-corrected chi connectivity index (χ2v) is 3.74. The predicted octanol–water partition coefficient (Wildman–Crippen LogP) is 2.00. The zero-order valence-electron chi connectivity index (χ0n) is 10.8. The van der Waals surface area contributed by atoms with Crippen molar-refractivity contribution in [3.05, 3.63) is 47.5 Å². The molecular formula is C15H14O4. The van der Waals surface area contributed by atoms with E-state index in [1.165, 1.54) is 14.0 Å². The Balaban J connectivity index is 3.24. The molecule has 98 valence electrons. The van der Waals surface area contributed by atoms with Gasteiger partial charge in [0.15, 0.2) is 6.10 Å². The van der Waals surface area contributed by atoms with Gasteiger partial charge in [0.1, 0.15) is 0 Å². The first-order valence-electron chi connectivity index (χ1n) is 5.51. The molecule has 0 fully saturated rings. The highest BCUT2D eigenvalue weighted by Gasteiger charge is 2.26. The maximum Gasteiger partial charge on any atom is 0.337 e. The largest absolute Gasteiger partial charge is 0.466 e. The van der Waals surface area contributed by atoms with Crippen LogP contribution in [-0.2, 0) is 19.1 Å². The van der Waals surface area contributed by atoms with Crippen molar-refractivity contribution in [3.8, 4) is 12.3 Å². The van der Waals surface area contributed by atoms with Crippen molar-refractivity contribution in [2.75, 3.05) is 7.11 Å². The number of methoxy groups -OCH3 is 1. The third-order valence-electron chi connectivity index (χ3n) is 2.45. The van der Waals surface area contributed by atoms with E-state index in [-0.39, 0.29) is 5.57 Å². The van der Waals surface area contributed by atoms with Crippen LogP contribution in [0.15, 0.2) is 36.4 Å². The Kier molecular flexibility index (Phi) is 4.90. The molecule has 4 nitrogen and oxygen atoms in total. The first-order valence-corrected chi connectivity index (χ1v) is 5.51. The van der Waals surface area contributed by atoms with E-state index in [9.17, 15) is 9.59 Å². The van der Waals surface area contributed by atoms with E-state index >= 15 is 0 Å². The summed E-state index contributed by atoms with van der Waals surface area (Å²) >= 11 is 0. The molecule has 1 unspecified atom stereocenters. The molecule has 0 saturated carbocycles. The van der Waals surface area contributed by atoms with Crippen LogP contribution in [0, 0.1) is 12.3 Å². The molecule has 0 radical (unpaired) electrons. The van der Waals surface area contributed by atoms with Gasteiger partial charge in [0.2, 0.25) is 0 Å². The molecule has 0 aliphatic heterocycles. The maximum atomic E-state index is 11.5. The fourth-order valence-electron chi connectivity index (χ4n) is 1.58. The monoisotopic (exact) mass is 258 g/mol. The van der Waals surface area contributed by atoms with Gasteiger partial charge in [0, 0.05) is 18.1 Å². The second-order valence-electron chi connectivity index (χ2n) is 3.74. The molecule has 1 aromatic carbocycles. The fourth-order valence-corrected chi connectivity index (χ4v) is 1.58. The fraction of sp³-hybridized carbons (Fsp3) is 0.200. The summed E-state index contributed by atoms with van der Waals surface area (Å²) in [5, 5.41) is 0. The number of esters is 2. The predicted molar refractivity (Wildman–Crippen MR) is 70.0 cm³/mol. The van der Waals surface area contributed by atoms with Crippen molar-refractivity contribution >= 4 is 11.9 Å². The van der Waals surface area contributed by atoms with Crippen LogP contribution in [0.4, 0.5) is 0 Å². The molecule has 0 aliphatic carbocycles. The quantitative estimate of drug-likeness (QED) is 0.471. The van der Waals surface area contributed by atoms with Crippen LogP contribution in [0.3, 0.4) is 0 Å². The third-order valence-corrected chi connectivity index (χ3v) is 2.45. The molecule has 0 amide bonds. The second kappa shape index (κ2) is 6.41. The van der Waals surface area contributed by atoms with Crippen LogP contribution in [0.1, 0.15) is 24.2 Å². The highest BCUT2D eigenvalue weighted by molar-refractivity contribution is 5.89. The van der Waals surface area contributed by atoms with Gasteiger partial charge < -0.3 is 9.47 Å². The van der Waals surface area contributed by atoms with Gasteiger partial charge in [-0.1, -0.05) is 30.7 Å². The first-order chi connectivity index (χ1) is 9.01. The minimum absolute atomic E-state index is 0.0143. The van der Waals surface area contributed by atoms with Crippen molar-refractivity contribution in [2.24, 2.45) is 0 Å². The summed E-state index contributed by atoms with van der Waals surface area (Å²) in [5.41, 5.74) is 1.06. The highest BCUT2D eigenvalue weighted by atomic mass is 16.6. The zero-order valence-corrected chi connectivity index (χ0v) is 10.8. The molecule has 0 saturated heterocycles. The number of benzene rings is 1. The SMILES string of the molecule is C#Cc1ccccc1C(OC(C)=O)C(=C)C(=O)OC. The first kappa shape index (κ1) is 14.5. The smallest absolute Gasteiger partial charge is 0.337 e. The van der Waals surface area contributed by atoms with Crippen LogP contribution in [-0.4, -0.2) is 19.0 Å². The summed E-state index contributed by atoms with van der Waals surface area (Å²) in [6.45, 7) is 4.86. The Labute approximate surface area is 112 Å². The molecule has 0 bridgehead atoms. The molecule has 0 spiro atoms. The van der Waals surface area contributed by atoms with Crippen molar-refractivity contribution in [2.45, 2.75) is 13.0 Å². The van der Waals surface area contributed by atoms with E-state index in [0.29, 0.717) is 11.1 Å². The lowest BCUT2D eigenvalue weighted by Crippen LogP contribution is -2.18. The highest BCUT2D eigenvalue weighted by Crippen LogP contribution is 2.28. The summed E-state index contributed by atoms with van der Waals surface area (Å²) in [4.78, 5) is 22.7. The molecule has 0 N–H and O–H groups in total. The Morgan fingerprint density at radius 1 is 1.37 bits per heavy atom. The average molecular weight is 258 g/mol. The van der Waals surface area contributed by atoms with Crippen LogP contribution in [0.5, 0.6) is 0 Å². The Bertz CT molecular complexity index is 552. The van der Waals surface area contributed by atoms with E-state index < -0.39 is 18.0 Å². The van der Waals surface area contributed by atoms with Crippen LogP contribution >= 0.6 is 0 Å². The summed E-state index contributed by atoms with van der Waals surface area (Å²) in [5.74, 6) is 1.28. The lowest BCUT2D eigenvalue weighted by molar-refractivity contribution is -0.147. The molecule has 1 aromatic rings. The van der Waals surface area contributed by atoms with Crippen LogP contribution in [0.2, 0.25) is 0 Å². The Hall–Kier alpha value is -2.54. The van der Waals surface area contributed by atoms with Crippen molar-refractivity contribution in [1.82, 2.24) is 0 Å². The number of rotatable bonds is 4. The molecule has 1 atom stereocenters. The molecule has 0 aliphatic rings. The molecule has 0 heterocycles. The van der Waals surface area contributed by atoms with Gasteiger partial charge in [-0.3, -0.25) is 4.79 Å². The Morgan fingerprint density at radius 3 is 2.53 bits per heavy atom. The number of carbonyl (C=O) groups is 2. The van der Waals surface area contributed by atoms with Gasteiger partial charge in [0.25, 0.3) is 0 Å². The Morgan fingerprint density at radius 2 is 2.00 bits per heavy atom.